The lowest BCUT2D eigenvalue weighted by Gasteiger charge is -2.35. The third-order valence-electron chi connectivity index (χ3n) is 5.39. The van der Waals surface area contributed by atoms with Crippen molar-refractivity contribution in [3.8, 4) is 5.75 Å². The number of pyridine rings is 1. The Kier molecular flexibility index (Phi) is 6.13. The Balaban J connectivity index is 1.63. The lowest BCUT2D eigenvalue weighted by atomic mass is 10.0. The minimum Gasteiger partial charge on any atom is -0.478 e. The van der Waals surface area contributed by atoms with E-state index < -0.39 is 11.6 Å². The van der Waals surface area contributed by atoms with Crippen molar-refractivity contribution in [2.24, 2.45) is 0 Å². The maximum atomic E-state index is 11.4. The van der Waals surface area contributed by atoms with Crippen LogP contribution in [0.25, 0.3) is 0 Å². The number of benzene rings is 1. The number of piperazine rings is 1. The van der Waals surface area contributed by atoms with Crippen LogP contribution in [0.15, 0.2) is 30.5 Å². The molecule has 6 heteroatoms. The first-order valence-electron chi connectivity index (χ1n) is 10.1. The summed E-state index contributed by atoms with van der Waals surface area (Å²) < 4.78 is 5.81. The Labute approximate surface area is 173 Å². The molecule has 0 spiro atoms. The molecule has 1 aromatic carbocycles. The van der Waals surface area contributed by atoms with Gasteiger partial charge in [0.1, 0.15) is 11.6 Å². The third-order valence-corrected chi connectivity index (χ3v) is 5.39. The van der Waals surface area contributed by atoms with E-state index in [9.17, 15) is 9.90 Å². The quantitative estimate of drug-likeness (QED) is 0.804. The van der Waals surface area contributed by atoms with E-state index in [0.717, 1.165) is 49.7 Å². The highest BCUT2D eigenvalue weighted by atomic mass is 16.5. The van der Waals surface area contributed by atoms with Gasteiger partial charge in [-0.1, -0.05) is 18.2 Å². The van der Waals surface area contributed by atoms with Crippen LogP contribution in [0.3, 0.4) is 0 Å². The molecule has 0 atom stereocenters. The van der Waals surface area contributed by atoms with Gasteiger partial charge in [0.15, 0.2) is 5.60 Å². The number of aliphatic carboxylic acids is 1. The summed E-state index contributed by atoms with van der Waals surface area (Å²) in [7, 11) is 0. The molecule has 1 aliphatic heterocycles. The standard InChI is InChI=1S/C23H31N3O3/c1-16-6-7-20(24-14-16)26-10-8-25(9-11-26)15-19-12-17(2)21(18(3)13-19)29-23(4,5)22(27)28/h6-7,12-14H,8-11,15H2,1-5H3,(H,27,28). The minimum absolute atomic E-state index is 0.663. The summed E-state index contributed by atoms with van der Waals surface area (Å²) in [6, 6.07) is 8.41. The van der Waals surface area contributed by atoms with Crippen LogP contribution in [-0.2, 0) is 11.3 Å². The number of aryl methyl sites for hydroxylation is 3. The maximum Gasteiger partial charge on any atom is 0.347 e. The summed E-state index contributed by atoms with van der Waals surface area (Å²) in [5.41, 5.74) is 3.09. The van der Waals surface area contributed by atoms with Gasteiger partial charge in [0.25, 0.3) is 0 Å². The minimum atomic E-state index is -1.25. The van der Waals surface area contributed by atoms with Gasteiger partial charge in [0.05, 0.1) is 0 Å². The summed E-state index contributed by atoms with van der Waals surface area (Å²) in [4.78, 5) is 20.7. The molecule has 0 radical (unpaired) electrons. The summed E-state index contributed by atoms with van der Waals surface area (Å²) in [6.45, 7) is 13.9. The van der Waals surface area contributed by atoms with E-state index in [0.29, 0.717) is 5.75 Å². The number of hydrogen-bond donors (Lipinski definition) is 1. The van der Waals surface area contributed by atoms with Crippen molar-refractivity contribution < 1.29 is 14.6 Å². The SMILES string of the molecule is Cc1ccc(N2CCN(Cc3cc(C)c(OC(C)(C)C(=O)O)c(C)c3)CC2)nc1. The zero-order valence-electron chi connectivity index (χ0n) is 18.0. The molecule has 1 aliphatic rings. The number of nitrogens with zero attached hydrogens (tertiary/aromatic N) is 3. The number of ether oxygens (including phenoxy) is 1. The van der Waals surface area contributed by atoms with Crippen molar-refractivity contribution in [2.75, 3.05) is 31.1 Å². The molecule has 1 aromatic heterocycles. The molecule has 3 rings (SSSR count). The average Bonchev–Trinajstić information content (AvgIpc) is 2.66. The smallest absolute Gasteiger partial charge is 0.347 e. The number of anilines is 1. The number of hydrogen-bond acceptors (Lipinski definition) is 5. The van der Waals surface area contributed by atoms with E-state index in [2.05, 4.69) is 46.0 Å². The molecule has 0 aliphatic carbocycles. The summed E-state index contributed by atoms with van der Waals surface area (Å²) in [5.74, 6) is 0.738. The first kappa shape index (κ1) is 21.1. The number of carboxylic acids is 1. The van der Waals surface area contributed by atoms with Gasteiger partial charge in [-0.05, 0) is 62.9 Å². The average molecular weight is 398 g/mol. The van der Waals surface area contributed by atoms with Gasteiger partial charge in [-0.3, -0.25) is 4.90 Å². The van der Waals surface area contributed by atoms with Crippen LogP contribution in [0, 0.1) is 20.8 Å². The van der Waals surface area contributed by atoms with E-state index in [1.54, 1.807) is 13.8 Å². The normalized spacial score (nSPS) is 15.4. The Morgan fingerprint density at radius 3 is 2.24 bits per heavy atom. The predicted octanol–water partition coefficient (Wildman–Crippen LogP) is 3.57. The molecule has 0 saturated carbocycles. The lowest BCUT2D eigenvalue weighted by Crippen LogP contribution is -2.46. The molecular weight excluding hydrogens is 366 g/mol. The van der Waals surface area contributed by atoms with E-state index in [4.69, 9.17) is 4.74 Å². The summed E-state index contributed by atoms with van der Waals surface area (Å²) in [5, 5.41) is 9.33. The van der Waals surface area contributed by atoms with Crippen LogP contribution in [0.5, 0.6) is 5.75 Å². The molecular formula is C23H31N3O3. The number of rotatable bonds is 6. The fraction of sp³-hybridized carbons (Fsp3) is 0.478. The summed E-state index contributed by atoms with van der Waals surface area (Å²) in [6.07, 6.45) is 1.92. The molecule has 1 fully saturated rings. The molecule has 1 N–H and O–H groups in total. The molecule has 0 bridgehead atoms. The fourth-order valence-corrected chi connectivity index (χ4v) is 3.63. The lowest BCUT2D eigenvalue weighted by molar-refractivity contribution is -0.152. The molecule has 1 saturated heterocycles. The van der Waals surface area contributed by atoms with E-state index in [-0.39, 0.29) is 0 Å². The second-order valence-electron chi connectivity index (χ2n) is 8.43. The van der Waals surface area contributed by atoms with Gasteiger partial charge in [-0.15, -0.1) is 0 Å². The van der Waals surface area contributed by atoms with Crippen molar-refractivity contribution >= 4 is 11.8 Å². The molecule has 0 unspecified atom stereocenters. The molecule has 0 amide bonds. The highest BCUT2D eigenvalue weighted by molar-refractivity contribution is 5.77. The van der Waals surface area contributed by atoms with Crippen LogP contribution in [0.4, 0.5) is 5.82 Å². The van der Waals surface area contributed by atoms with E-state index in [1.165, 1.54) is 11.1 Å². The Morgan fingerprint density at radius 1 is 1.10 bits per heavy atom. The second kappa shape index (κ2) is 8.41. The fourth-order valence-electron chi connectivity index (χ4n) is 3.63. The molecule has 2 aromatic rings. The Hall–Kier alpha value is -2.60. The van der Waals surface area contributed by atoms with Crippen LogP contribution in [-0.4, -0.2) is 52.7 Å². The van der Waals surface area contributed by atoms with Crippen molar-refractivity contribution in [2.45, 2.75) is 46.8 Å². The van der Waals surface area contributed by atoms with Crippen molar-refractivity contribution in [1.82, 2.24) is 9.88 Å². The van der Waals surface area contributed by atoms with E-state index >= 15 is 0 Å². The van der Waals surface area contributed by atoms with E-state index in [1.807, 2.05) is 20.0 Å². The van der Waals surface area contributed by atoms with Crippen LogP contribution >= 0.6 is 0 Å². The first-order chi connectivity index (χ1) is 13.7. The molecule has 6 nitrogen and oxygen atoms in total. The topological polar surface area (TPSA) is 65.9 Å². The van der Waals surface area contributed by atoms with Crippen LogP contribution < -0.4 is 9.64 Å². The van der Waals surface area contributed by atoms with Crippen molar-refractivity contribution in [3.63, 3.8) is 0 Å². The first-order valence-corrected chi connectivity index (χ1v) is 10.1. The molecule has 2 heterocycles. The van der Waals surface area contributed by atoms with Gasteiger partial charge in [0.2, 0.25) is 0 Å². The predicted molar refractivity (Wildman–Crippen MR) is 115 cm³/mol. The number of carbonyl (C=O) groups is 1. The Morgan fingerprint density at radius 2 is 1.72 bits per heavy atom. The third kappa shape index (κ3) is 5.07. The number of aromatic nitrogens is 1. The highest BCUT2D eigenvalue weighted by Crippen LogP contribution is 2.29. The van der Waals surface area contributed by atoms with Crippen molar-refractivity contribution in [1.29, 1.82) is 0 Å². The molecule has 29 heavy (non-hydrogen) atoms. The Bertz CT molecular complexity index is 846. The van der Waals surface area contributed by atoms with Crippen LogP contribution in [0.1, 0.15) is 36.1 Å². The largest absolute Gasteiger partial charge is 0.478 e. The van der Waals surface area contributed by atoms with Crippen molar-refractivity contribution in [3.05, 3.63) is 52.7 Å². The number of carboxylic acid groups (broad SMARTS) is 1. The van der Waals surface area contributed by atoms with Gasteiger partial charge in [-0.2, -0.15) is 0 Å². The zero-order chi connectivity index (χ0) is 21.2. The maximum absolute atomic E-state index is 11.4. The van der Waals surface area contributed by atoms with Crippen LogP contribution in [0.2, 0.25) is 0 Å². The summed E-state index contributed by atoms with van der Waals surface area (Å²) >= 11 is 0. The van der Waals surface area contributed by atoms with Gasteiger partial charge in [0, 0.05) is 38.9 Å². The monoisotopic (exact) mass is 397 g/mol. The highest BCUT2D eigenvalue weighted by Gasteiger charge is 2.30. The van der Waals surface area contributed by atoms with Gasteiger partial charge in [-0.25, -0.2) is 9.78 Å². The zero-order valence-corrected chi connectivity index (χ0v) is 18.0. The molecule has 156 valence electrons. The second-order valence-corrected chi connectivity index (χ2v) is 8.43. The van der Waals surface area contributed by atoms with Gasteiger partial charge < -0.3 is 14.7 Å². The van der Waals surface area contributed by atoms with Gasteiger partial charge >= 0.3 is 5.97 Å².